The fourth-order valence-corrected chi connectivity index (χ4v) is 11.6. The maximum absolute atomic E-state index is 13.6. The normalized spacial score (nSPS) is 37.6. The van der Waals surface area contributed by atoms with Crippen LogP contribution in [0.4, 0.5) is 0 Å². The summed E-state index contributed by atoms with van der Waals surface area (Å²) in [4.78, 5) is 79.2. The first-order chi connectivity index (χ1) is 25.0. The van der Waals surface area contributed by atoms with Gasteiger partial charge in [0.15, 0.2) is 6.79 Å². The number of hydrogen-bond donors (Lipinski definition) is 2. The van der Waals surface area contributed by atoms with Crippen molar-refractivity contribution in [1.29, 1.82) is 0 Å². The Bertz CT molecular complexity index is 1740. The van der Waals surface area contributed by atoms with Crippen LogP contribution in [0.3, 0.4) is 0 Å². The van der Waals surface area contributed by atoms with E-state index in [1.54, 1.807) is 27.7 Å². The van der Waals surface area contributed by atoms with Crippen LogP contribution < -0.4 is 0 Å². The number of ether oxygens (including phenoxy) is 5. The van der Waals surface area contributed by atoms with E-state index in [0.29, 0.717) is 30.4 Å². The molecule has 7 aliphatic rings. The van der Waals surface area contributed by atoms with Gasteiger partial charge in [0.1, 0.15) is 5.60 Å². The number of fused-ring (bicyclic) bond motifs is 6. The first kappa shape index (κ1) is 37.5. The molecule has 0 radical (unpaired) electrons. The molecule has 0 aromatic heterocycles. The van der Waals surface area contributed by atoms with Crippen molar-refractivity contribution in [2.75, 3.05) is 21.0 Å². The molecule has 13 atom stereocenters. The molecule has 288 valence electrons. The van der Waals surface area contributed by atoms with Crippen molar-refractivity contribution < 1.29 is 62.7 Å². The molecule has 3 saturated carbocycles. The van der Waals surface area contributed by atoms with Gasteiger partial charge in [0.05, 0.1) is 49.2 Å². The third-order valence-electron chi connectivity index (χ3n) is 13.4. The number of carbonyl (C=O) groups excluding carboxylic acids is 5. The molecule has 13 unspecified atom stereocenters. The molecule has 2 N–H and O–H groups in total. The second kappa shape index (κ2) is 13.5. The molecule has 0 aromatic carbocycles. The topological polar surface area (TPSA) is 189 Å². The van der Waals surface area contributed by atoms with E-state index in [1.807, 2.05) is 0 Å². The second-order valence-electron chi connectivity index (χ2n) is 17.2. The van der Waals surface area contributed by atoms with Gasteiger partial charge >= 0.3 is 35.8 Å². The minimum Gasteiger partial charge on any atom is -0.481 e. The number of carboxylic acids is 1. The van der Waals surface area contributed by atoms with Crippen LogP contribution in [0.25, 0.3) is 0 Å². The molecule has 1 aliphatic heterocycles. The maximum atomic E-state index is 13.6. The molecule has 0 spiro atoms. The summed E-state index contributed by atoms with van der Waals surface area (Å²) in [7, 11) is 2.63. The zero-order valence-corrected chi connectivity index (χ0v) is 31.3. The lowest BCUT2D eigenvalue weighted by molar-refractivity contribution is -0.160. The highest BCUT2D eigenvalue weighted by molar-refractivity contribution is 5.99. The molecule has 1 heterocycles. The van der Waals surface area contributed by atoms with E-state index in [0.717, 1.165) is 23.1 Å². The Morgan fingerprint density at radius 1 is 0.830 bits per heavy atom. The lowest BCUT2D eigenvalue weighted by Crippen LogP contribution is -2.40. The van der Waals surface area contributed by atoms with E-state index in [-0.39, 0.29) is 49.2 Å². The van der Waals surface area contributed by atoms with Crippen molar-refractivity contribution in [3.63, 3.8) is 0 Å². The molecule has 53 heavy (non-hydrogen) atoms. The summed E-state index contributed by atoms with van der Waals surface area (Å²) in [6.07, 6.45) is 1.75. The van der Waals surface area contributed by atoms with Gasteiger partial charge in [-0.3, -0.25) is 28.8 Å². The van der Waals surface area contributed by atoms with Gasteiger partial charge in [-0.2, -0.15) is 0 Å². The first-order valence-corrected chi connectivity index (χ1v) is 18.8. The van der Waals surface area contributed by atoms with Crippen LogP contribution in [0, 0.1) is 71.0 Å². The second-order valence-corrected chi connectivity index (χ2v) is 17.2. The summed E-state index contributed by atoms with van der Waals surface area (Å²) >= 11 is 0. The largest absolute Gasteiger partial charge is 0.481 e. The number of carbonyl (C=O) groups is 6. The average molecular weight is 739 g/mol. The molecule has 7 rings (SSSR count). The highest BCUT2D eigenvalue weighted by atomic mass is 16.7. The molecular weight excluding hydrogens is 688 g/mol. The first-order valence-electron chi connectivity index (χ1n) is 18.8. The Hall–Kier alpha value is -3.84. The summed E-state index contributed by atoms with van der Waals surface area (Å²) in [5.74, 6) is -10.9. The summed E-state index contributed by atoms with van der Waals surface area (Å²) in [5.41, 5.74) is 4.55. The van der Waals surface area contributed by atoms with E-state index in [1.165, 1.54) is 19.8 Å². The van der Waals surface area contributed by atoms with Crippen LogP contribution >= 0.6 is 0 Å². The van der Waals surface area contributed by atoms with E-state index in [2.05, 4.69) is 6.92 Å². The molecule has 1 saturated heterocycles. The summed E-state index contributed by atoms with van der Waals surface area (Å²) in [5, 5.41) is 22.2. The number of hydrogen-bond acceptors (Lipinski definition) is 12. The molecular formula is C40H50O13. The van der Waals surface area contributed by atoms with Crippen LogP contribution in [0.1, 0.15) is 73.1 Å². The lowest BCUT2D eigenvalue weighted by Gasteiger charge is -2.38. The molecule has 0 amide bonds. The summed E-state index contributed by atoms with van der Waals surface area (Å²) in [6.45, 7) is 8.82. The van der Waals surface area contributed by atoms with E-state index in [4.69, 9.17) is 23.7 Å². The summed E-state index contributed by atoms with van der Waals surface area (Å²) < 4.78 is 26.3. The van der Waals surface area contributed by atoms with Crippen LogP contribution in [0.5, 0.6) is 0 Å². The predicted octanol–water partition coefficient (Wildman–Crippen LogP) is 3.92. The quantitative estimate of drug-likeness (QED) is 0.134. The average Bonchev–Trinajstić information content (AvgIpc) is 3.94. The number of rotatable bonds is 11. The molecule has 13 heteroatoms. The smallest absolute Gasteiger partial charge is 0.321 e. The maximum Gasteiger partial charge on any atom is 0.321 e. The van der Waals surface area contributed by atoms with Crippen LogP contribution in [-0.4, -0.2) is 78.7 Å². The van der Waals surface area contributed by atoms with Crippen LogP contribution in [0.2, 0.25) is 0 Å². The van der Waals surface area contributed by atoms with Crippen molar-refractivity contribution >= 4 is 35.8 Å². The number of carboxylic acid groups (broad SMARTS) is 1. The van der Waals surface area contributed by atoms with Gasteiger partial charge in [-0.05, 0) is 129 Å². The fourth-order valence-electron chi connectivity index (χ4n) is 11.6. The SMILES string of the molecule is COCOC(=O)C1CC2CC1C(C1=C(C3C(=O)OC(=O)C3C)C3CC1C(C(=O)O)C3C(=O)OC)=C2C1=C(C)C2CC1C(C(O)CC(=O)OC(C)(C)C)C2. The van der Waals surface area contributed by atoms with E-state index >= 15 is 0 Å². The van der Waals surface area contributed by atoms with Gasteiger partial charge in [0, 0.05) is 7.11 Å². The zero-order valence-electron chi connectivity index (χ0n) is 31.3. The number of aliphatic hydroxyl groups is 1. The number of cyclic esters (lactones) is 2. The zero-order chi connectivity index (χ0) is 38.4. The Morgan fingerprint density at radius 3 is 2.11 bits per heavy atom. The van der Waals surface area contributed by atoms with Gasteiger partial charge in [-0.15, -0.1) is 0 Å². The lowest BCUT2D eigenvalue weighted by atomic mass is 9.64. The van der Waals surface area contributed by atoms with Crippen LogP contribution in [-0.2, 0) is 52.5 Å². The van der Waals surface area contributed by atoms with Gasteiger partial charge in [0.25, 0.3) is 0 Å². The van der Waals surface area contributed by atoms with Crippen molar-refractivity contribution in [1.82, 2.24) is 0 Å². The fraction of sp³-hybridized carbons (Fsp3) is 0.700. The van der Waals surface area contributed by atoms with Crippen LogP contribution in [0.15, 0.2) is 33.4 Å². The third-order valence-corrected chi connectivity index (χ3v) is 13.4. The Kier molecular flexibility index (Phi) is 9.53. The van der Waals surface area contributed by atoms with Crippen molar-refractivity contribution in [2.45, 2.75) is 84.8 Å². The monoisotopic (exact) mass is 738 g/mol. The van der Waals surface area contributed by atoms with Crippen molar-refractivity contribution in [2.24, 2.45) is 71.0 Å². The number of allylic oxidation sites excluding steroid dienone is 5. The van der Waals surface area contributed by atoms with Gasteiger partial charge in [-0.25, -0.2) is 0 Å². The number of methoxy groups -OCH3 is 2. The Morgan fingerprint density at radius 2 is 1.53 bits per heavy atom. The minimum absolute atomic E-state index is 0.0987. The van der Waals surface area contributed by atoms with Crippen molar-refractivity contribution in [3.8, 4) is 0 Å². The molecule has 6 aliphatic carbocycles. The molecule has 13 nitrogen and oxygen atoms in total. The summed E-state index contributed by atoms with van der Waals surface area (Å²) in [6, 6.07) is 0. The standard InChI is InChI=1S/C40H50O13/c1-15-17-8-19(25(41)13-26(42)53-40(3,4)5)20(9-17)27(15)29-18-10-21(22(11-18)37(46)51-14-49-6)30(29)32-23-12-24(34(38(47)50-7)33(23)35(43)44)31(32)28-16(2)36(45)52-39(28)48/h16-25,28,33-34,41H,8-14H2,1-7H3,(H,43,44). The molecule has 6 bridgehead atoms. The van der Waals surface area contributed by atoms with Gasteiger partial charge < -0.3 is 33.9 Å². The highest BCUT2D eigenvalue weighted by Gasteiger charge is 2.65. The molecule has 0 aromatic rings. The van der Waals surface area contributed by atoms with Crippen molar-refractivity contribution in [3.05, 3.63) is 33.4 Å². The minimum atomic E-state index is -1.16. The highest BCUT2D eigenvalue weighted by Crippen LogP contribution is 2.68. The number of aliphatic hydroxyl groups excluding tert-OH is 1. The van der Waals surface area contributed by atoms with E-state index < -0.39 is 88.9 Å². The number of esters is 5. The number of aliphatic carboxylic acids is 1. The Labute approximate surface area is 308 Å². The molecule has 4 fully saturated rings. The van der Waals surface area contributed by atoms with Gasteiger partial charge in [0.2, 0.25) is 0 Å². The predicted molar refractivity (Wildman–Crippen MR) is 183 cm³/mol. The van der Waals surface area contributed by atoms with E-state index in [9.17, 15) is 39.0 Å². The van der Waals surface area contributed by atoms with Gasteiger partial charge in [-0.1, -0.05) is 12.5 Å². The third kappa shape index (κ3) is 5.97. The Balaban J connectivity index is 1.40.